The minimum absolute atomic E-state index is 0.702. The maximum atomic E-state index is 5.92. The van der Waals surface area contributed by atoms with Gasteiger partial charge in [-0.1, -0.05) is 54.1 Å². The predicted octanol–water partition coefficient (Wildman–Crippen LogP) is 6.33. The van der Waals surface area contributed by atoms with Crippen molar-refractivity contribution in [1.29, 1.82) is 0 Å². The van der Waals surface area contributed by atoms with Crippen molar-refractivity contribution in [3.8, 4) is 5.75 Å². The van der Waals surface area contributed by atoms with Crippen LogP contribution in [0.2, 0.25) is 5.02 Å². The molecule has 4 heteroatoms. The number of nitrogens with zero attached hydrogens (tertiary/aromatic N) is 2. The van der Waals surface area contributed by atoms with Crippen LogP contribution in [0.3, 0.4) is 0 Å². The van der Waals surface area contributed by atoms with Crippen LogP contribution in [0.5, 0.6) is 5.75 Å². The minimum atomic E-state index is 0.702. The number of hydrogen-bond donors (Lipinski definition) is 0. The van der Waals surface area contributed by atoms with E-state index in [1.807, 2.05) is 24.3 Å². The predicted molar refractivity (Wildman–Crippen MR) is 120 cm³/mol. The van der Waals surface area contributed by atoms with Crippen LogP contribution in [-0.4, -0.2) is 16.2 Å². The van der Waals surface area contributed by atoms with Crippen LogP contribution in [0.15, 0.2) is 78.9 Å². The monoisotopic (exact) mass is 404 g/mol. The Morgan fingerprint density at radius 3 is 2.38 bits per heavy atom. The third-order valence-corrected chi connectivity index (χ3v) is 5.32. The molecule has 0 amide bonds. The summed E-state index contributed by atoms with van der Waals surface area (Å²) in [5.41, 5.74) is 3.64. The zero-order valence-electron chi connectivity index (χ0n) is 16.4. The standard InChI is InChI=1S/C25H25ClN2O/c26-21-13-15-22(16-14-21)29-19-7-6-18-28-24-11-5-4-10-23(24)27-25(28)17-12-20-8-2-1-3-9-20/h1-5,8-11,13-16H,6-7,12,17-19H2. The second-order valence-corrected chi connectivity index (χ2v) is 7.60. The summed E-state index contributed by atoms with van der Waals surface area (Å²) in [6.07, 6.45) is 3.99. The van der Waals surface area contributed by atoms with Gasteiger partial charge in [-0.25, -0.2) is 4.98 Å². The van der Waals surface area contributed by atoms with Crippen LogP contribution in [0.4, 0.5) is 0 Å². The van der Waals surface area contributed by atoms with E-state index in [1.165, 1.54) is 11.1 Å². The van der Waals surface area contributed by atoms with Crippen molar-refractivity contribution in [2.24, 2.45) is 0 Å². The number of imidazole rings is 1. The second-order valence-electron chi connectivity index (χ2n) is 7.16. The van der Waals surface area contributed by atoms with Crippen LogP contribution in [0.25, 0.3) is 11.0 Å². The smallest absolute Gasteiger partial charge is 0.119 e. The first-order chi connectivity index (χ1) is 14.3. The van der Waals surface area contributed by atoms with Crippen LogP contribution >= 0.6 is 11.6 Å². The number of aryl methyl sites for hydroxylation is 3. The molecule has 0 N–H and O–H groups in total. The second kappa shape index (κ2) is 9.62. The lowest BCUT2D eigenvalue weighted by Crippen LogP contribution is -2.07. The zero-order chi connectivity index (χ0) is 19.9. The molecule has 29 heavy (non-hydrogen) atoms. The van der Waals surface area contributed by atoms with Gasteiger partial charge in [0.25, 0.3) is 0 Å². The molecule has 0 saturated heterocycles. The molecule has 0 radical (unpaired) electrons. The molecule has 4 rings (SSSR count). The van der Waals surface area contributed by atoms with E-state index in [1.54, 1.807) is 0 Å². The fraction of sp³-hybridized carbons (Fsp3) is 0.240. The van der Waals surface area contributed by atoms with Gasteiger partial charge in [-0.15, -0.1) is 0 Å². The van der Waals surface area contributed by atoms with E-state index in [0.29, 0.717) is 6.61 Å². The van der Waals surface area contributed by atoms with Gasteiger partial charge in [0.2, 0.25) is 0 Å². The van der Waals surface area contributed by atoms with Gasteiger partial charge in [0, 0.05) is 18.0 Å². The number of unbranched alkanes of at least 4 members (excludes halogenated alkanes) is 1. The summed E-state index contributed by atoms with van der Waals surface area (Å²) in [4.78, 5) is 4.90. The van der Waals surface area contributed by atoms with Gasteiger partial charge >= 0.3 is 0 Å². The van der Waals surface area contributed by atoms with E-state index in [0.717, 1.165) is 54.3 Å². The van der Waals surface area contributed by atoms with E-state index in [2.05, 4.69) is 59.2 Å². The normalized spacial score (nSPS) is 11.1. The van der Waals surface area contributed by atoms with E-state index in [-0.39, 0.29) is 0 Å². The fourth-order valence-corrected chi connectivity index (χ4v) is 3.69. The molecule has 0 unspecified atom stereocenters. The summed E-state index contributed by atoms with van der Waals surface area (Å²) in [5, 5.41) is 0.729. The molecular formula is C25H25ClN2O. The molecule has 3 nitrogen and oxygen atoms in total. The third-order valence-electron chi connectivity index (χ3n) is 5.07. The highest BCUT2D eigenvalue weighted by molar-refractivity contribution is 6.30. The Morgan fingerprint density at radius 1 is 0.793 bits per heavy atom. The highest BCUT2D eigenvalue weighted by Gasteiger charge is 2.10. The van der Waals surface area contributed by atoms with Crippen LogP contribution in [0, 0.1) is 0 Å². The summed E-state index contributed by atoms with van der Waals surface area (Å²) in [7, 11) is 0. The van der Waals surface area contributed by atoms with E-state index < -0.39 is 0 Å². The van der Waals surface area contributed by atoms with E-state index >= 15 is 0 Å². The number of halogens is 1. The van der Waals surface area contributed by atoms with Crippen LogP contribution in [0.1, 0.15) is 24.2 Å². The Hall–Kier alpha value is -2.78. The molecule has 0 atom stereocenters. The maximum absolute atomic E-state index is 5.92. The van der Waals surface area contributed by atoms with Crippen molar-refractivity contribution < 1.29 is 4.74 Å². The van der Waals surface area contributed by atoms with Crippen LogP contribution < -0.4 is 4.74 Å². The number of hydrogen-bond acceptors (Lipinski definition) is 2. The van der Waals surface area contributed by atoms with Crippen molar-refractivity contribution in [2.75, 3.05) is 6.61 Å². The molecule has 0 aliphatic rings. The number of para-hydroxylation sites is 2. The van der Waals surface area contributed by atoms with Crippen molar-refractivity contribution >= 4 is 22.6 Å². The fourth-order valence-electron chi connectivity index (χ4n) is 3.56. The largest absolute Gasteiger partial charge is 0.494 e. The highest BCUT2D eigenvalue weighted by Crippen LogP contribution is 2.19. The lowest BCUT2D eigenvalue weighted by Gasteiger charge is -2.10. The molecule has 3 aromatic carbocycles. The molecule has 4 aromatic rings. The number of benzene rings is 3. The van der Waals surface area contributed by atoms with Crippen molar-refractivity contribution in [3.63, 3.8) is 0 Å². The summed E-state index contributed by atoms with van der Waals surface area (Å²) < 4.78 is 8.20. The molecule has 1 heterocycles. The first-order valence-corrected chi connectivity index (χ1v) is 10.5. The van der Waals surface area contributed by atoms with E-state index in [4.69, 9.17) is 21.3 Å². The first-order valence-electron chi connectivity index (χ1n) is 10.2. The van der Waals surface area contributed by atoms with Gasteiger partial charge in [-0.05, 0) is 61.2 Å². The molecule has 0 spiro atoms. The van der Waals surface area contributed by atoms with Gasteiger partial charge in [0.15, 0.2) is 0 Å². The Kier molecular flexibility index (Phi) is 6.48. The highest BCUT2D eigenvalue weighted by atomic mass is 35.5. The summed E-state index contributed by atoms with van der Waals surface area (Å²) in [5.74, 6) is 2.03. The topological polar surface area (TPSA) is 27.1 Å². The molecule has 0 fully saturated rings. The lowest BCUT2D eigenvalue weighted by atomic mass is 10.1. The summed E-state index contributed by atoms with van der Waals surface area (Å²) in [6, 6.07) is 26.6. The van der Waals surface area contributed by atoms with E-state index in [9.17, 15) is 0 Å². The molecule has 0 bridgehead atoms. The number of aromatic nitrogens is 2. The average molecular weight is 405 g/mol. The lowest BCUT2D eigenvalue weighted by molar-refractivity contribution is 0.303. The molecule has 148 valence electrons. The number of rotatable bonds is 9. The minimum Gasteiger partial charge on any atom is -0.494 e. The van der Waals surface area contributed by atoms with Gasteiger partial charge in [-0.2, -0.15) is 0 Å². The van der Waals surface area contributed by atoms with Gasteiger partial charge < -0.3 is 9.30 Å². The molecule has 0 saturated carbocycles. The molecule has 1 aromatic heterocycles. The van der Waals surface area contributed by atoms with Gasteiger partial charge in [-0.3, -0.25) is 0 Å². The molecule has 0 aliphatic carbocycles. The molecular weight excluding hydrogens is 380 g/mol. The Bertz CT molecular complexity index is 1040. The van der Waals surface area contributed by atoms with Crippen molar-refractivity contribution in [3.05, 3.63) is 95.3 Å². The third kappa shape index (κ3) is 5.18. The summed E-state index contributed by atoms with van der Waals surface area (Å²) >= 11 is 5.92. The zero-order valence-corrected chi connectivity index (χ0v) is 17.2. The number of ether oxygens (including phenoxy) is 1. The van der Waals surface area contributed by atoms with Crippen molar-refractivity contribution in [2.45, 2.75) is 32.2 Å². The number of fused-ring (bicyclic) bond motifs is 1. The van der Waals surface area contributed by atoms with Gasteiger partial charge in [0.1, 0.15) is 11.6 Å². The Balaban J connectivity index is 1.37. The SMILES string of the molecule is Clc1ccc(OCCCCn2c(CCc3ccccc3)nc3ccccc32)cc1. The molecule has 0 aliphatic heterocycles. The van der Waals surface area contributed by atoms with Crippen molar-refractivity contribution in [1.82, 2.24) is 9.55 Å². The maximum Gasteiger partial charge on any atom is 0.119 e. The average Bonchev–Trinajstić information content (AvgIpc) is 3.12. The summed E-state index contributed by atoms with van der Waals surface area (Å²) in [6.45, 7) is 1.65. The Morgan fingerprint density at radius 2 is 1.55 bits per heavy atom. The first kappa shape index (κ1) is 19.5. The quantitative estimate of drug-likeness (QED) is 0.304. The van der Waals surface area contributed by atoms with Crippen LogP contribution in [-0.2, 0) is 19.4 Å². The van der Waals surface area contributed by atoms with Gasteiger partial charge in [0.05, 0.1) is 17.6 Å². The Labute approximate surface area is 176 Å².